The van der Waals surface area contributed by atoms with Crippen molar-refractivity contribution >= 4 is 23.5 Å². The Morgan fingerprint density at radius 3 is 2.61 bits per heavy atom. The summed E-state index contributed by atoms with van der Waals surface area (Å²) in [5.74, 6) is -0.593. The van der Waals surface area contributed by atoms with Crippen molar-refractivity contribution in [2.45, 2.75) is 45.3 Å². The molecular weight excluding hydrogens is 370 g/mol. The maximum atomic E-state index is 12.8. The topological polar surface area (TPSA) is 96.0 Å². The Kier molecular flexibility index (Phi) is 5.66. The largest absolute Gasteiger partial charge is 0.368 e. The third kappa shape index (κ3) is 3.85. The molecule has 0 radical (unpaired) electrons. The first-order valence-electron chi connectivity index (χ1n) is 9.46. The summed E-state index contributed by atoms with van der Waals surface area (Å²) in [6.45, 7) is 6.13. The van der Waals surface area contributed by atoms with Crippen LogP contribution >= 0.6 is 11.8 Å². The van der Waals surface area contributed by atoms with Gasteiger partial charge < -0.3 is 11.1 Å². The highest BCUT2D eigenvalue weighted by molar-refractivity contribution is 8.03. The Morgan fingerprint density at radius 1 is 1.36 bits per heavy atom. The number of rotatable bonds is 5. The number of Topliss-reactive ketones (excluding diaryl/α,β-unsaturated/α-hetero) is 1. The minimum Gasteiger partial charge on any atom is -0.368 e. The fourth-order valence-corrected chi connectivity index (χ4v) is 5.17. The zero-order valence-corrected chi connectivity index (χ0v) is 17.2. The van der Waals surface area contributed by atoms with Gasteiger partial charge in [-0.2, -0.15) is 5.26 Å². The van der Waals surface area contributed by atoms with Crippen LogP contribution in [0.3, 0.4) is 0 Å². The van der Waals surface area contributed by atoms with Crippen LogP contribution in [0.1, 0.15) is 50.8 Å². The van der Waals surface area contributed by atoms with Crippen LogP contribution in [0, 0.1) is 22.7 Å². The first-order chi connectivity index (χ1) is 13.3. The summed E-state index contributed by atoms with van der Waals surface area (Å²) in [7, 11) is 0. The quantitative estimate of drug-likeness (QED) is 0.787. The van der Waals surface area contributed by atoms with Crippen molar-refractivity contribution in [2.75, 3.05) is 0 Å². The number of primary amides is 1. The highest BCUT2D eigenvalue weighted by atomic mass is 32.2. The van der Waals surface area contributed by atoms with E-state index in [9.17, 15) is 14.9 Å². The second kappa shape index (κ2) is 7.84. The molecule has 3 N–H and O–H groups in total. The first-order valence-corrected chi connectivity index (χ1v) is 10.3. The van der Waals surface area contributed by atoms with Crippen molar-refractivity contribution in [2.24, 2.45) is 17.1 Å². The fourth-order valence-electron chi connectivity index (χ4n) is 4.02. The lowest BCUT2D eigenvalue weighted by Crippen LogP contribution is -2.37. The molecule has 2 aliphatic rings. The van der Waals surface area contributed by atoms with Gasteiger partial charge >= 0.3 is 0 Å². The van der Waals surface area contributed by atoms with E-state index in [-0.39, 0.29) is 17.1 Å². The van der Waals surface area contributed by atoms with Gasteiger partial charge in [-0.25, -0.2) is 0 Å². The van der Waals surface area contributed by atoms with E-state index < -0.39 is 11.2 Å². The van der Waals surface area contributed by atoms with Gasteiger partial charge in [-0.1, -0.05) is 62.9 Å². The number of carbonyl (C=O) groups is 2. The summed E-state index contributed by atoms with van der Waals surface area (Å²) in [4.78, 5) is 25.0. The molecule has 0 spiro atoms. The molecule has 6 heteroatoms. The highest BCUT2D eigenvalue weighted by Crippen LogP contribution is 2.47. The average molecular weight is 396 g/mol. The lowest BCUT2D eigenvalue weighted by atomic mass is 9.70. The Hall–Kier alpha value is -2.52. The second-order valence-corrected chi connectivity index (χ2v) is 9.20. The summed E-state index contributed by atoms with van der Waals surface area (Å²) in [5, 5.41) is 13.2. The molecule has 0 unspecified atom stereocenters. The molecule has 5 nitrogen and oxygen atoms in total. The van der Waals surface area contributed by atoms with E-state index in [0.29, 0.717) is 23.4 Å². The van der Waals surface area contributed by atoms with Crippen LogP contribution < -0.4 is 11.1 Å². The molecule has 1 amide bonds. The van der Waals surface area contributed by atoms with E-state index in [0.717, 1.165) is 23.3 Å². The number of nitrogens with zero attached hydrogens (tertiary/aromatic N) is 1. The zero-order valence-electron chi connectivity index (χ0n) is 16.4. The highest BCUT2D eigenvalue weighted by Gasteiger charge is 2.41. The molecule has 0 aromatic heterocycles. The summed E-state index contributed by atoms with van der Waals surface area (Å²) < 4.78 is 0. The molecule has 146 valence electrons. The number of benzene rings is 1. The monoisotopic (exact) mass is 395 g/mol. The minimum absolute atomic E-state index is 0.108. The molecule has 1 aromatic rings. The van der Waals surface area contributed by atoms with Crippen LogP contribution in [-0.4, -0.2) is 11.7 Å². The van der Waals surface area contributed by atoms with Gasteiger partial charge in [0.15, 0.2) is 5.78 Å². The maximum Gasteiger partial charge on any atom is 0.235 e. The van der Waals surface area contributed by atoms with Gasteiger partial charge in [0.2, 0.25) is 5.91 Å². The SMILES string of the molecule is CC[C@H]1C(C#N)=C(S[C@H](C(N)=O)c2ccccc2)NC2=C1C(=O)CC(C)(C)C2. The lowest BCUT2D eigenvalue weighted by molar-refractivity contribution is -0.119. The standard InChI is InChI=1S/C22H25N3O2S/c1-4-14-15(12-23)21(25-16-10-22(2,3)11-17(26)18(14)16)28-19(20(24)27)13-8-6-5-7-9-13/h5-9,14,19,25H,4,10-11H2,1-3H3,(H2,24,27)/t14-,19-/m0/s1. The van der Waals surface area contributed by atoms with Crippen LogP contribution in [0.5, 0.6) is 0 Å². The summed E-state index contributed by atoms with van der Waals surface area (Å²) in [5.41, 5.74) is 8.46. The minimum atomic E-state index is -0.612. The van der Waals surface area contributed by atoms with Crippen molar-refractivity contribution in [3.8, 4) is 6.07 Å². The Morgan fingerprint density at radius 2 is 2.04 bits per heavy atom. The smallest absolute Gasteiger partial charge is 0.235 e. The number of allylic oxidation sites excluding steroid dienone is 3. The number of dihydropyridines is 1. The summed E-state index contributed by atoms with van der Waals surface area (Å²) in [6.07, 6.45) is 1.88. The first kappa shape index (κ1) is 20.2. The Bertz CT molecular complexity index is 909. The fraction of sp³-hybridized carbons (Fsp3) is 0.409. The van der Waals surface area contributed by atoms with E-state index in [1.54, 1.807) is 0 Å². The van der Waals surface area contributed by atoms with Crippen LogP contribution in [0.25, 0.3) is 0 Å². The predicted molar refractivity (Wildman–Crippen MR) is 111 cm³/mol. The van der Waals surface area contributed by atoms with Gasteiger partial charge in [0.1, 0.15) is 5.25 Å². The van der Waals surface area contributed by atoms with Gasteiger partial charge in [-0.3, -0.25) is 9.59 Å². The van der Waals surface area contributed by atoms with Gasteiger partial charge in [-0.15, -0.1) is 0 Å². The summed E-state index contributed by atoms with van der Waals surface area (Å²) >= 11 is 1.26. The van der Waals surface area contributed by atoms with Crippen molar-refractivity contribution in [3.05, 3.63) is 57.8 Å². The van der Waals surface area contributed by atoms with E-state index in [2.05, 4.69) is 25.2 Å². The molecule has 3 rings (SSSR count). The number of thioether (sulfide) groups is 1. The molecule has 1 aliphatic carbocycles. The molecule has 1 aliphatic heterocycles. The average Bonchev–Trinajstić information content (AvgIpc) is 2.64. The number of hydrogen-bond acceptors (Lipinski definition) is 5. The number of carbonyl (C=O) groups excluding carboxylic acids is 2. The molecule has 0 saturated carbocycles. The number of ketones is 1. The number of nitriles is 1. The maximum absolute atomic E-state index is 12.8. The Labute approximate surface area is 170 Å². The predicted octanol–water partition coefficient (Wildman–Crippen LogP) is 3.95. The number of nitrogens with two attached hydrogens (primary N) is 1. The van der Waals surface area contributed by atoms with Gasteiger partial charge in [0, 0.05) is 23.6 Å². The van der Waals surface area contributed by atoms with Gasteiger partial charge in [0.25, 0.3) is 0 Å². The Balaban J connectivity index is 2.01. The molecule has 0 saturated heterocycles. The van der Waals surface area contributed by atoms with E-state index in [1.165, 1.54) is 11.8 Å². The molecule has 0 bridgehead atoms. The third-order valence-corrected chi connectivity index (χ3v) is 6.55. The van der Waals surface area contributed by atoms with Crippen molar-refractivity contribution < 1.29 is 9.59 Å². The van der Waals surface area contributed by atoms with Crippen molar-refractivity contribution in [1.82, 2.24) is 5.32 Å². The number of hydrogen-bond donors (Lipinski definition) is 2. The number of amides is 1. The van der Waals surface area contributed by atoms with E-state index in [1.807, 2.05) is 37.3 Å². The molecule has 1 heterocycles. The van der Waals surface area contributed by atoms with Gasteiger partial charge in [0.05, 0.1) is 16.7 Å². The van der Waals surface area contributed by atoms with E-state index in [4.69, 9.17) is 5.73 Å². The molecule has 1 aromatic carbocycles. The van der Waals surface area contributed by atoms with Crippen LogP contribution in [-0.2, 0) is 9.59 Å². The van der Waals surface area contributed by atoms with Crippen LogP contribution in [0.4, 0.5) is 0 Å². The third-order valence-electron chi connectivity index (χ3n) is 5.25. The molecule has 2 atom stereocenters. The van der Waals surface area contributed by atoms with Crippen LogP contribution in [0.2, 0.25) is 0 Å². The lowest BCUT2D eigenvalue weighted by Gasteiger charge is -2.39. The zero-order chi connectivity index (χ0) is 20.5. The van der Waals surface area contributed by atoms with E-state index >= 15 is 0 Å². The molecule has 0 fully saturated rings. The summed E-state index contributed by atoms with van der Waals surface area (Å²) in [6, 6.07) is 11.6. The van der Waals surface area contributed by atoms with Gasteiger partial charge in [-0.05, 0) is 23.8 Å². The molecule has 28 heavy (non-hydrogen) atoms. The van der Waals surface area contributed by atoms with Crippen LogP contribution in [0.15, 0.2) is 52.2 Å². The van der Waals surface area contributed by atoms with Crippen molar-refractivity contribution in [1.29, 1.82) is 5.26 Å². The number of nitrogens with one attached hydrogen (secondary N) is 1. The normalized spacial score (nSPS) is 22.2. The molecular formula is C22H25N3O2S. The second-order valence-electron chi connectivity index (χ2n) is 8.08. The van der Waals surface area contributed by atoms with Crippen molar-refractivity contribution in [3.63, 3.8) is 0 Å².